The van der Waals surface area contributed by atoms with Gasteiger partial charge in [0.1, 0.15) is 5.82 Å². The lowest BCUT2D eigenvalue weighted by atomic mass is 10.0. The maximum Gasteiger partial charge on any atom is 0.126 e. The molecule has 0 aliphatic carbocycles. The predicted molar refractivity (Wildman–Crippen MR) is 82.8 cm³/mol. The van der Waals surface area contributed by atoms with Crippen LogP contribution < -0.4 is 5.73 Å². The van der Waals surface area contributed by atoms with Crippen molar-refractivity contribution < 1.29 is 4.39 Å². The van der Waals surface area contributed by atoms with Crippen molar-refractivity contribution >= 4 is 17.2 Å². The second-order valence-electron chi connectivity index (χ2n) is 4.80. The largest absolute Gasteiger partial charge is 0.392 e. The Morgan fingerprint density at radius 3 is 2.58 bits per heavy atom. The first-order valence-electron chi connectivity index (χ1n) is 6.80. The number of halogens is 1. The van der Waals surface area contributed by atoms with Crippen LogP contribution in [-0.4, -0.2) is 23.0 Å². The van der Waals surface area contributed by atoms with Crippen LogP contribution in [0.3, 0.4) is 0 Å². The fourth-order valence-corrected chi connectivity index (χ4v) is 2.51. The Morgan fingerprint density at radius 2 is 2.11 bits per heavy atom. The normalized spacial score (nSPS) is 12.7. The van der Waals surface area contributed by atoms with Crippen LogP contribution in [0.5, 0.6) is 0 Å². The van der Waals surface area contributed by atoms with E-state index in [1.807, 2.05) is 6.07 Å². The zero-order valence-electron chi connectivity index (χ0n) is 11.9. The van der Waals surface area contributed by atoms with Gasteiger partial charge in [0.05, 0.1) is 11.0 Å². The van der Waals surface area contributed by atoms with E-state index < -0.39 is 0 Å². The zero-order valence-corrected chi connectivity index (χ0v) is 12.8. The Hall–Kier alpha value is -1.00. The highest BCUT2D eigenvalue weighted by Gasteiger charge is 2.22. The van der Waals surface area contributed by atoms with Crippen LogP contribution in [0.1, 0.15) is 43.9 Å². The van der Waals surface area contributed by atoms with Crippen molar-refractivity contribution in [3.05, 3.63) is 35.1 Å². The fourth-order valence-electron chi connectivity index (χ4n) is 2.22. The van der Waals surface area contributed by atoms with Gasteiger partial charge < -0.3 is 5.73 Å². The van der Waals surface area contributed by atoms with Gasteiger partial charge in [-0.2, -0.15) is 0 Å². The smallest absolute Gasteiger partial charge is 0.126 e. The molecule has 1 unspecified atom stereocenters. The molecule has 0 amide bonds. The summed E-state index contributed by atoms with van der Waals surface area (Å²) in [5, 5.41) is 0. The molecule has 0 spiro atoms. The molecule has 0 saturated carbocycles. The first-order valence-corrected chi connectivity index (χ1v) is 7.21. The lowest BCUT2D eigenvalue weighted by Gasteiger charge is -2.30. The van der Waals surface area contributed by atoms with Crippen LogP contribution in [0.2, 0.25) is 0 Å². The third-order valence-corrected chi connectivity index (χ3v) is 3.56. The molecule has 0 aromatic heterocycles. The molecular formula is C15H23FN2S. The topological polar surface area (TPSA) is 29.3 Å². The summed E-state index contributed by atoms with van der Waals surface area (Å²) in [5.41, 5.74) is 7.51. The summed E-state index contributed by atoms with van der Waals surface area (Å²) in [6, 6.07) is 5.00. The van der Waals surface area contributed by atoms with Gasteiger partial charge in [-0.15, -0.1) is 0 Å². The van der Waals surface area contributed by atoms with Gasteiger partial charge >= 0.3 is 0 Å². The van der Waals surface area contributed by atoms with Crippen molar-refractivity contribution in [2.24, 2.45) is 5.73 Å². The molecule has 2 nitrogen and oxygen atoms in total. The molecule has 0 bridgehead atoms. The van der Waals surface area contributed by atoms with Crippen LogP contribution in [0.4, 0.5) is 4.39 Å². The molecular weight excluding hydrogens is 259 g/mol. The number of likely N-dealkylation sites (N-methyl/N-ethyl adjacent to an activating group) is 1. The summed E-state index contributed by atoms with van der Waals surface area (Å²) in [6.45, 7) is 7.84. The third kappa shape index (κ3) is 4.25. The van der Waals surface area contributed by atoms with Gasteiger partial charge in [0, 0.05) is 0 Å². The number of nitrogens with two attached hydrogens (primary N) is 1. The quantitative estimate of drug-likeness (QED) is 0.775. The van der Waals surface area contributed by atoms with Gasteiger partial charge in [-0.3, -0.25) is 4.90 Å². The predicted octanol–water partition coefficient (Wildman–Crippen LogP) is 3.58. The van der Waals surface area contributed by atoms with Crippen LogP contribution in [-0.2, 0) is 0 Å². The Bertz CT molecular complexity index is 434. The lowest BCUT2D eigenvalue weighted by Crippen LogP contribution is -2.37. The van der Waals surface area contributed by atoms with Crippen LogP contribution in [0.25, 0.3) is 0 Å². The van der Waals surface area contributed by atoms with Crippen molar-refractivity contribution in [3.8, 4) is 0 Å². The molecule has 1 atom stereocenters. The standard InChI is InChI=1S/C15H23FN2S/c1-4-6-9-18(5-2)14(15(17)19)12-7-8-13(16)11(3)10-12/h7-8,10,14H,4-6,9H2,1-3H3,(H2,17,19). The van der Waals surface area contributed by atoms with E-state index in [0.717, 1.165) is 31.5 Å². The Morgan fingerprint density at radius 1 is 1.42 bits per heavy atom. The zero-order chi connectivity index (χ0) is 14.4. The van der Waals surface area contributed by atoms with Gasteiger partial charge in [0.25, 0.3) is 0 Å². The number of nitrogens with zero attached hydrogens (tertiary/aromatic N) is 1. The summed E-state index contributed by atoms with van der Waals surface area (Å²) < 4.78 is 13.4. The highest BCUT2D eigenvalue weighted by atomic mass is 32.1. The number of hydrogen-bond acceptors (Lipinski definition) is 2. The fraction of sp³-hybridized carbons (Fsp3) is 0.533. The van der Waals surface area contributed by atoms with E-state index in [9.17, 15) is 4.39 Å². The molecule has 0 aliphatic heterocycles. The number of rotatable bonds is 7. The van der Waals surface area contributed by atoms with E-state index in [1.165, 1.54) is 6.07 Å². The average molecular weight is 282 g/mol. The Kier molecular flexibility index (Phi) is 6.38. The number of aryl methyl sites for hydroxylation is 1. The van der Waals surface area contributed by atoms with Crippen LogP contribution >= 0.6 is 12.2 Å². The molecule has 2 N–H and O–H groups in total. The number of benzene rings is 1. The first-order chi connectivity index (χ1) is 9.01. The van der Waals surface area contributed by atoms with Crippen LogP contribution in [0, 0.1) is 12.7 Å². The summed E-state index contributed by atoms with van der Waals surface area (Å²) in [5.74, 6) is -0.193. The second-order valence-corrected chi connectivity index (χ2v) is 5.27. The second kappa shape index (κ2) is 7.56. The molecule has 0 aliphatic rings. The minimum Gasteiger partial charge on any atom is -0.392 e. The summed E-state index contributed by atoms with van der Waals surface area (Å²) in [4.78, 5) is 2.70. The van der Waals surface area contributed by atoms with E-state index in [-0.39, 0.29) is 11.9 Å². The van der Waals surface area contributed by atoms with Gasteiger partial charge in [0.15, 0.2) is 0 Å². The monoisotopic (exact) mass is 282 g/mol. The average Bonchev–Trinajstić information content (AvgIpc) is 2.37. The summed E-state index contributed by atoms with van der Waals surface area (Å²) >= 11 is 5.21. The minimum atomic E-state index is -0.193. The molecule has 1 aromatic rings. The Balaban J connectivity index is 3.04. The summed E-state index contributed by atoms with van der Waals surface area (Å²) in [7, 11) is 0. The molecule has 4 heteroatoms. The van der Waals surface area contributed by atoms with Crippen molar-refractivity contribution in [1.82, 2.24) is 4.90 Å². The first kappa shape index (κ1) is 16.1. The number of thiocarbonyl (C=S) groups is 1. The minimum absolute atomic E-state index is 0.106. The van der Waals surface area contributed by atoms with E-state index in [2.05, 4.69) is 18.7 Å². The number of unbranched alkanes of at least 4 members (excludes halogenated alkanes) is 1. The summed E-state index contributed by atoms with van der Waals surface area (Å²) in [6.07, 6.45) is 2.23. The van der Waals surface area contributed by atoms with Gasteiger partial charge in [0.2, 0.25) is 0 Å². The van der Waals surface area contributed by atoms with E-state index in [1.54, 1.807) is 13.0 Å². The third-order valence-electron chi connectivity index (χ3n) is 3.34. The Labute approximate surface area is 120 Å². The maximum atomic E-state index is 13.4. The highest BCUT2D eigenvalue weighted by Crippen LogP contribution is 2.23. The van der Waals surface area contributed by atoms with Crippen molar-refractivity contribution in [2.45, 2.75) is 39.7 Å². The molecule has 1 rings (SSSR count). The molecule has 0 heterocycles. The van der Waals surface area contributed by atoms with Crippen molar-refractivity contribution in [1.29, 1.82) is 0 Å². The maximum absolute atomic E-state index is 13.4. The molecule has 0 saturated heterocycles. The van der Waals surface area contributed by atoms with E-state index in [4.69, 9.17) is 18.0 Å². The molecule has 0 radical (unpaired) electrons. The molecule has 106 valence electrons. The lowest BCUT2D eigenvalue weighted by molar-refractivity contribution is 0.253. The highest BCUT2D eigenvalue weighted by molar-refractivity contribution is 7.80. The van der Waals surface area contributed by atoms with E-state index in [0.29, 0.717) is 10.6 Å². The SMILES string of the molecule is CCCCN(CC)C(C(N)=S)c1ccc(F)c(C)c1. The molecule has 1 aromatic carbocycles. The molecule has 0 fully saturated rings. The van der Waals surface area contributed by atoms with E-state index >= 15 is 0 Å². The van der Waals surface area contributed by atoms with Gasteiger partial charge in [-0.1, -0.05) is 44.6 Å². The van der Waals surface area contributed by atoms with Crippen molar-refractivity contribution in [2.75, 3.05) is 13.1 Å². The van der Waals surface area contributed by atoms with Gasteiger partial charge in [-0.05, 0) is 43.6 Å². The number of hydrogen-bond donors (Lipinski definition) is 1. The van der Waals surface area contributed by atoms with Crippen molar-refractivity contribution in [3.63, 3.8) is 0 Å². The van der Waals surface area contributed by atoms with Crippen LogP contribution in [0.15, 0.2) is 18.2 Å². The molecule has 19 heavy (non-hydrogen) atoms. The van der Waals surface area contributed by atoms with Gasteiger partial charge in [-0.25, -0.2) is 4.39 Å².